The van der Waals surface area contributed by atoms with Crippen molar-refractivity contribution < 1.29 is 19.1 Å². The molecule has 2 aromatic carbocycles. The summed E-state index contributed by atoms with van der Waals surface area (Å²) in [7, 11) is 0. The molecule has 0 aliphatic rings. The lowest BCUT2D eigenvalue weighted by Crippen LogP contribution is -2.18. The van der Waals surface area contributed by atoms with E-state index in [1.54, 1.807) is 67.0 Å². The van der Waals surface area contributed by atoms with E-state index in [0.29, 0.717) is 27.7 Å². The second-order valence-electron chi connectivity index (χ2n) is 5.64. The summed E-state index contributed by atoms with van der Waals surface area (Å²) in [6.45, 7) is 1.70. The molecule has 0 spiro atoms. The Morgan fingerprint density at radius 1 is 1.00 bits per heavy atom. The highest BCUT2D eigenvalue weighted by Crippen LogP contribution is 2.20. The summed E-state index contributed by atoms with van der Waals surface area (Å²) in [5.41, 5.74) is 1.06. The zero-order valence-corrected chi connectivity index (χ0v) is 15.8. The number of para-hydroxylation sites is 1. The van der Waals surface area contributed by atoms with Gasteiger partial charge in [0.1, 0.15) is 5.75 Å². The molecule has 0 radical (unpaired) electrons. The first-order valence-electron chi connectivity index (χ1n) is 8.48. The molecule has 3 aromatic rings. The summed E-state index contributed by atoms with van der Waals surface area (Å²) in [4.78, 5) is 40.3. The van der Waals surface area contributed by atoms with Gasteiger partial charge in [-0.2, -0.15) is 0 Å². The maximum absolute atomic E-state index is 12.5. The molecule has 8 heteroatoms. The molecule has 2 amide bonds. The Labute approximate surface area is 165 Å². The number of aromatic nitrogens is 1. The van der Waals surface area contributed by atoms with Crippen LogP contribution >= 0.6 is 11.3 Å². The van der Waals surface area contributed by atoms with Crippen LogP contribution in [0.5, 0.6) is 5.75 Å². The number of carbonyl (C=O) groups is 3. The molecule has 0 bridgehead atoms. The standard InChI is InChI=1S/C20H17N3O4S/c1-2-17(24)27-14-9-7-13(8-10-14)18(25)22-16-6-4-3-5-15(16)19(26)23-20-21-11-12-28-20/h3-12H,2H2,1H3,(H,22,25)(H,21,23,26). The molecule has 2 N–H and O–H groups in total. The molecule has 0 saturated carbocycles. The number of thiazole rings is 1. The first-order valence-corrected chi connectivity index (χ1v) is 9.36. The van der Waals surface area contributed by atoms with Crippen molar-refractivity contribution in [1.29, 1.82) is 0 Å². The van der Waals surface area contributed by atoms with Crippen LogP contribution in [0.25, 0.3) is 0 Å². The van der Waals surface area contributed by atoms with Crippen molar-refractivity contribution in [2.45, 2.75) is 13.3 Å². The van der Waals surface area contributed by atoms with Crippen LogP contribution in [0.2, 0.25) is 0 Å². The van der Waals surface area contributed by atoms with E-state index >= 15 is 0 Å². The van der Waals surface area contributed by atoms with E-state index < -0.39 is 0 Å². The Hall–Kier alpha value is -3.52. The smallest absolute Gasteiger partial charge is 0.310 e. The highest BCUT2D eigenvalue weighted by atomic mass is 32.1. The Morgan fingerprint density at radius 3 is 2.43 bits per heavy atom. The van der Waals surface area contributed by atoms with Crippen LogP contribution in [0.4, 0.5) is 10.8 Å². The van der Waals surface area contributed by atoms with Crippen LogP contribution in [0.1, 0.15) is 34.1 Å². The van der Waals surface area contributed by atoms with Gasteiger partial charge in [-0.25, -0.2) is 4.98 Å². The van der Waals surface area contributed by atoms with Gasteiger partial charge in [0.15, 0.2) is 5.13 Å². The lowest BCUT2D eigenvalue weighted by atomic mass is 10.1. The number of nitrogens with one attached hydrogen (secondary N) is 2. The summed E-state index contributed by atoms with van der Waals surface area (Å²) >= 11 is 1.30. The second-order valence-corrected chi connectivity index (χ2v) is 6.54. The summed E-state index contributed by atoms with van der Waals surface area (Å²) in [6, 6.07) is 12.9. The SMILES string of the molecule is CCC(=O)Oc1ccc(C(=O)Nc2ccccc2C(=O)Nc2nccs2)cc1. The maximum atomic E-state index is 12.5. The number of ether oxygens (including phenoxy) is 1. The third-order valence-corrected chi connectivity index (χ3v) is 4.40. The van der Waals surface area contributed by atoms with Gasteiger partial charge in [-0.1, -0.05) is 19.1 Å². The van der Waals surface area contributed by atoms with Crippen LogP contribution < -0.4 is 15.4 Å². The average Bonchev–Trinajstić information content (AvgIpc) is 3.21. The number of amides is 2. The van der Waals surface area contributed by atoms with E-state index in [2.05, 4.69) is 15.6 Å². The summed E-state index contributed by atoms with van der Waals surface area (Å²) in [6.07, 6.45) is 1.86. The quantitative estimate of drug-likeness (QED) is 0.486. The summed E-state index contributed by atoms with van der Waals surface area (Å²) in [5, 5.41) is 7.66. The van der Waals surface area contributed by atoms with Crippen molar-refractivity contribution in [3.63, 3.8) is 0 Å². The fourth-order valence-corrected chi connectivity index (χ4v) is 2.84. The largest absolute Gasteiger partial charge is 0.427 e. The lowest BCUT2D eigenvalue weighted by Gasteiger charge is -2.11. The van der Waals surface area contributed by atoms with E-state index in [9.17, 15) is 14.4 Å². The molecule has 142 valence electrons. The minimum atomic E-state index is -0.386. The minimum absolute atomic E-state index is 0.266. The van der Waals surface area contributed by atoms with Crippen molar-refractivity contribution in [3.05, 3.63) is 71.2 Å². The van der Waals surface area contributed by atoms with Gasteiger partial charge in [-0.15, -0.1) is 11.3 Å². The second kappa shape index (κ2) is 8.92. The van der Waals surface area contributed by atoms with Crippen LogP contribution in [-0.4, -0.2) is 22.8 Å². The normalized spacial score (nSPS) is 10.2. The first kappa shape index (κ1) is 19.2. The van der Waals surface area contributed by atoms with Crippen LogP contribution in [0, 0.1) is 0 Å². The van der Waals surface area contributed by atoms with Crippen LogP contribution in [0.15, 0.2) is 60.1 Å². The maximum Gasteiger partial charge on any atom is 0.310 e. The number of hydrogen-bond acceptors (Lipinski definition) is 6. The highest BCUT2D eigenvalue weighted by Gasteiger charge is 2.15. The Balaban J connectivity index is 1.72. The molecule has 0 fully saturated rings. The topological polar surface area (TPSA) is 97.4 Å². The van der Waals surface area contributed by atoms with Gasteiger partial charge in [0, 0.05) is 23.6 Å². The fourth-order valence-electron chi connectivity index (χ4n) is 2.31. The van der Waals surface area contributed by atoms with Crippen molar-refractivity contribution >= 4 is 39.9 Å². The molecular weight excluding hydrogens is 378 g/mol. The van der Waals surface area contributed by atoms with E-state index in [1.807, 2.05) is 0 Å². The molecular formula is C20H17N3O4S. The number of rotatable bonds is 6. The van der Waals surface area contributed by atoms with Crippen molar-refractivity contribution in [2.75, 3.05) is 10.6 Å². The molecule has 1 heterocycles. The Morgan fingerprint density at radius 2 is 1.75 bits per heavy atom. The number of esters is 1. The molecule has 0 unspecified atom stereocenters. The molecule has 0 aliphatic heterocycles. The van der Waals surface area contributed by atoms with Gasteiger partial charge in [-0.05, 0) is 36.4 Å². The van der Waals surface area contributed by atoms with Crippen molar-refractivity contribution in [2.24, 2.45) is 0 Å². The van der Waals surface area contributed by atoms with Crippen LogP contribution in [-0.2, 0) is 4.79 Å². The number of carbonyl (C=O) groups excluding carboxylic acids is 3. The van der Waals surface area contributed by atoms with Crippen molar-refractivity contribution in [1.82, 2.24) is 4.98 Å². The zero-order chi connectivity index (χ0) is 19.9. The van der Waals surface area contributed by atoms with Crippen LogP contribution in [0.3, 0.4) is 0 Å². The van der Waals surface area contributed by atoms with Gasteiger partial charge in [-0.3, -0.25) is 19.7 Å². The van der Waals surface area contributed by atoms with E-state index in [4.69, 9.17) is 4.74 Å². The molecule has 0 atom stereocenters. The van der Waals surface area contributed by atoms with E-state index in [-0.39, 0.29) is 24.2 Å². The third kappa shape index (κ3) is 4.80. The average molecular weight is 395 g/mol. The highest BCUT2D eigenvalue weighted by molar-refractivity contribution is 7.13. The Kier molecular flexibility index (Phi) is 6.13. The predicted octanol–water partition coefficient (Wildman–Crippen LogP) is 3.96. The Bertz CT molecular complexity index is 985. The number of benzene rings is 2. The molecule has 0 saturated heterocycles. The first-order chi connectivity index (χ1) is 13.6. The minimum Gasteiger partial charge on any atom is -0.427 e. The van der Waals surface area contributed by atoms with Gasteiger partial charge in [0.25, 0.3) is 11.8 Å². The monoisotopic (exact) mass is 395 g/mol. The van der Waals surface area contributed by atoms with Gasteiger partial charge in [0.2, 0.25) is 0 Å². The van der Waals surface area contributed by atoms with Gasteiger partial charge in [0.05, 0.1) is 11.3 Å². The lowest BCUT2D eigenvalue weighted by molar-refractivity contribution is -0.134. The molecule has 3 rings (SSSR count). The molecule has 7 nitrogen and oxygen atoms in total. The number of nitrogens with zero attached hydrogens (tertiary/aromatic N) is 1. The van der Waals surface area contributed by atoms with E-state index in [1.165, 1.54) is 11.3 Å². The zero-order valence-electron chi connectivity index (χ0n) is 15.0. The molecule has 28 heavy (non-hydrogen) atoms. The predicted molar refractivity (Wildman–Crippen MR) is 107 cm³/mol. The fraction of sp³-hybridized carbons (Fsp3) is 0.100. The summed E-state index contributed by atoms with van der Waals surface area (Å²) in [5.74, 6) is -0.737. The summed E-state index contributed by atoms with van der Waals surface area (Å²) < 4.78 is 5.09. The van der Waals surface area contributed by atoms with E-state index in [0.717, 1.165) is 0 Å². The molecule has 1 aromatic heterocycles. The van der Waals surface area contributed by atoms with Gasteiger partial charge < -0.3 is 10.1 Å². The number of hydrogen-bond donors (Lipinski definition) is 2. The van der Waals surface area contributed by atoms with Gasteiger partial charge >= 0.3 is 5.97 Å². The third-order valence-electron chi connectivity index (χ3n) is 3.71. The molecule has 0 aliphatic carbocycles. The van der Waals surface area contributed by atoms with Crippen molar-refractivity contribution in [3.8, 4) is 5.75 Å². The number of anilines is 2.